The molecule has 4 aromatic rings. The maximum absolute atomic E-state index is 11.7. The fraction of sp³-hybridized carbons (Fsp3) is 0.286. The number of methoxy groups -OCH3 is 2. The minimum atomic E-state index is -0.687. The van der Waals surface area contributed by atoms with E-state index in [4.69, 9.17) is 9.26 Å². The molecule has 0 aliphatic heterocycles. The first-order valence-electron chi connectivity index (χ1n) is 10.0. The molecule has 0 bridgehead atoms. The number of benzene rings is 1. The summed E-state index contributed by atoms with van der Waals surface area (Å²) in [5.74, 6) is 1.83. The minimum Gasteiger partial charge on any atom is -0.496 e. The first kappa shape index (κ1) is 22.0. The van der Waals surface area contributed by atoms with Crippen molar-refractivity contribution in [3.05, 3.63) is 53.0 Å². The van der Waals surface area contributed by atoms with E-state index in [-0.39, 0.29) is 12.6 Å². The quantitative estimate of drug-likeness (QED) is 0.363. The highest BCUT2D eigenvalue weighted by atomic mass is 16.5. The second-order valence-electron chi connectivity index (χ2n) is 7.14. The summed E-state index contributed by atoms with van der Waals surface area (Å²) < 4.78 is 17.0. The standard InChI is InChI=1S/C21H23N7O5/c1-12-6-15(27-33-12)8-22-19-18-16(24-20(25-19)26-21(30)32-3)9-23-28(18)10-14-5-4-13(11-29)7-17(14)31-2/h4-7,9,29H,8,10-11H2,1-3H3,(H2,22,24,25,26,30). The Kier molecular flexibility index (Phi) is 6.36. The van der Waals surface area contributed by atoms with Crippen LogP contribution in [0.2, 0.25) is 0 Å². The molecule has 0 atom stereocenters. The molecule has 0 aliphatic carbocycles. The average molecular weight is 453 g/mol. The lowest BCUT2D eigenvalue weighted by Gasteiger charge is -2.13. The van der Waals surface area contributed by atoms with Crippen LogP contribution >= 0.6 is 0 Å². The number of amides is 1. The van der Waals surface area contributed by atoms with Crippen molar-refractivity contribution in [3.8, 4) is 5.75 Å². The highest BCUT2D eigenvalue weighted by Gasteiger charge is 2.17. The van der Waals surface area contributed by atoms with Crippen LogP contribution in [0.3, 0.4) is 0 Å². The summed E-state index contributed by atoms with van der Waals surface area (Å²) in [5.41, 5.74) is 3.43. The van der Waals surface area contributed by atoms with E-state index < -0.39 is 6.09 Å². The van der Waals surface area contributed by atoms with Crippen molar-refractivity contribution < 1.29 is 23.9 Å². The van der Waals surface area contributed by atoms with Gasteiger partial charge in [-0.1, -0.05) is 17.3 Å². The summed E-state index contributed by atoms with van der Waals surface area (Å²) in [7, 11) is 2.83. The van der Waals surface area contributed by atoms with E-state index in [2.05, 4.69) is 35.6 Å². The predicted octanol–water partition coefficient (Wildman–Crippen LogP) is 2.46. The van der Waals surface area contributed by atoms with Crippen LogP contribution in [-0.2, 0) is 24.4 Å². The Hall–Kier alpha value is -4.19. The normalized spacial score (nSPS) is 10.9. The molecular weight excluding hydrogens is 430 g/mol. The number of hydrogen-bond donors (Lipinski definition) is 3. The van der Waals surface area contributed by atoms with E-state index in [1.807, 2.05) is 25.1 Å². The summed E-state index contributed by atoms with van der Waals surface area (Å²) in [4.78, 5) is 20.5. The highest BCUT2D eigenvalue weighted by molar-refractivity contribution is 5.89. The van der Waals surface area contributed by atoms with E-state index >= 15 is 0 Å². The zero-order valence-electron chi connectivity index (χ0n) is 18.3. The number of aliphatic hydroxyl groups excluding tert-OH is 1. The topological polar surface area (TPSA) is 149 Å². The Morgan fingerprint density at radius 3 is 2.79 bits per heavy atom. The Balaban J connectivity index is 1.72. The maximum atomic E-state index is 11.7. The molecule has 12 heteroatoms. The van der Waals surface area contributed by atoms with E-state index in [0.717, 1.165) is 11.1 Å². The number of aryl methyl sites for hydroxylation is 1. The van der Waals surface area contributed by atoms with Crippen molar-refractivity contribution >= 4 is 28.9 Å². The fourth-order valence-electron chi connectivity index (χ4n) is 3.30. The molecule has 4 rings (SSSR count). The van der Waals surface area contributed by atoms with Crippen molar-refractivity contribution in [2.45, 2.75) is 26.6 Å². The molecule has 0 aliphatic rings. The summed E-state index contributed by atoms with van der Waals surface area (Å²) in [6, 6.07) is 7.29. The molecule has 3 N–H and O–H groups in total. The minimum absolute atomic E-state index is 0.0672. The van der Waals surface area contributed by atoms with E-state index in [1.165, 1.54) is 7.11 Å². The molecule has 33 heavy (non-hydrogen) atoms. The summed E-state index contributed by atoms with van der Waals surface area (Å²) in [6.45, 7) is 2.42. The number of aliphatic hydroxyl groups is 1. The third-order valence-corrected chi connectivity index (χ3v) is 4.86. The summed E-state index contributed by atoms with van der Waals surface area (Å²) in [5, 5.41) is 23.5. The third-order valence-electron chi connectivity index (χ3n) is 4.86. The SMILES string of the molecule is COC(=O)Nc1nc(NCc2cc(C)on2)c2c(cnn2Cc2ccc(CO)cc2OC)n1. The van der Waals surface area contributed by atoms with Gasteiger partial charge in [-0.2, -0.15) is 10.1 Å². The van der Waals surface area contributed by atoms with Crippen molar-refractivity contribution in [2.75, 3.05) is 24.9 Å². The van der Waals surface area contributed by atoms with Crippen LogP contribution in [0.1, 0.15) is 22.6 Å². The van der Waals surface area contributed by atoms with E-state index in [1.54, 1.807) is 24.1 Å². The predicted molar refractivity (Wildman–Crippen MR) is 118 cm³/mol. The summed E-state index contributed by atoms with van der Waals surface area (Å²) in [6.07, 6.45) is 0.896. The molecular formula is C21H23N7O5. The molecule has 0 saturated heterocycles. The van der Waals surface area contributed by atoms with Crippen molar-refractivity contribution in [2.24, 2.45) is 0 Å². The molecule has 3 aromatic heterocycles. The smallest absolute Gasteiger partial charge is 0.413 e. The first-order valence-corrected chi connectivity index (χ1v) is 10.0. The molecule has 0 fully saturated rings. The lowest BCUT2D eigenvalue weighted by molar-refractivity contribution is 0.186. The van der Waals surface area contributed by atoms with Crippen molar-refractivity contribution in [1.29, 1.82) is 0 Å². The molecule has 3 heterocycles. The largest absolute Gasteiger partial charge is 0.496 e. The van der Waals surface area contributed by atoms with Gasteiger partial charge in [0, 0.05) is 11.6 Å². The van der Waals surface area contributed by atoms with E-state index in [0.29, 0.717) is 47.1 Å². The van der Waals surface area contributed by atoms with Gasteiger partial charge in [0.1, 0.15) is 28.2 Å². The van der Waals surface area contributed by atoms with Crippen LogP contribution in [0.4, 0.5) is 16.6 Å². The lowest BCUT2D eigenvalue weighted by atomic mass is 10.1. The molecule has 12 nitrogen and oxygen atoms in total. The van der Waals surface area contributed by atoms with Gasteiger partial charge in [0.25, 0.3) is 0 Å². The monoisotopic (exact) mass is 453 g/mol. The van der Waals surface area contributed by atoms with Gasteiger partial charge in [-0.05, 0) is 18.6 Å². The molecule has 1 aromatic carbocycles. The average Bonchev–Trinajstić information content (AvgIpc) is 3.43. The number of nitrogens with one attached hydrogen (secondary N) is 2. The van der Waals surface area contributed by atoms with Gasteiger partial charge in [0.05, 0.1) is 40.1 Å². The Bertz CT molecular complexity index is 1280. The highest BCUT2D eigenvalue weighted by Crippen LogP contribution is 2.26. The van der Waals surface area contributed by atoms with Gasteiger partial charge < -0.3 is 24.4 Å². The lowest BCUT2D eigenvalue weighted by Crippen LogP contribution is -2.15. The van der Waals surface area contributed by atoms with Crippen LogP contribution in [0.5, 0.6) is 5.75 Å². The van der Waals surface area contributed by atoms with Crippen LogP contribution in [0, 0.1) is 6.92 Å². The molecule has 1 amide bonds. The fourth-order valence-corrected chi connectivity index (χ4v) is 3.30. The van der Waals surface area contributed by atoms with Crippen molar-refractivity contribution in [3.63, 3.8) is 0 Å². The van der Waals surface area contributed by atoms with E-state index in [9.17, 15) is 9.90 Å². The number of fused-ring (bicyclic) bond motifs is 1. The van der Waals surface area contributed by atoms with Gasteiger partial charge in [-0.25, -0.2) is 9.78 Å². The Labute approximate surface area is 188 Å². The van der Waals surface area contributed by atoms with Crippen LogP contribution < -0.4 is 15.4 Å². The second-order valence-corrected chi connectivity index (χ2v) is 7.14. The zero-order valence-corrected chi connectivity index (χ0v) is 18.3. The Morgan fingerprint density at radius 2 is 2.09 bits per heavy atom. The molecule has 0 radical (unpaired) electrons. The van der Waals surface area contributed by atoms with Crippen LogP contribution in [-0.4, -0.2) is 50.3 Å². The molecule has 0 unspecified atom stereocenters. The first-order chi connectivity index (χ1) is 16.0. The number of hydrogen-bond acceptors (Lipinski definition) is 10. The maximum Gasteiger partial charge on any atom is 0.413 e. The number of carbonyl (C=O) groups is 1. The molecule has 172 valence electrons. The van der Waals surface area contributed by atoms with Gasteiger partial charge in [0.2, 0.25) is 5.95 Å². The third kappa shape index (κ3) is 4.85. The summed E-state index contributed by atoms with van der Waals surface area (Å²) >= 11 is 0. The van der Waals surface area contributed by atoms with Gasteiger partial charge in [0.15, 0.2) is 5.82 Å². The van der Waals surface area contributed by atoms with Gasteiger partial charge in [-0.3, -0.25) is 10.00 Å². The van der Waals surface area contributed by atoms with Crippen molar-refractivity contribution in [1.82, 2.24) is 24.9 Å². The number of anilines is 2. The number of nitrogens with zero attached hydrogens (tertiary/aromatic N) is 5. The number of aromatic nitrogens is 5. The Morgan fingerprint density at radius 1 is 1.24 bits per heavy atom. The molecule has 0 saturated carbocycles. The number of rotatable bonds is 8. The van der Waals surface area contributed by atoms with Gasteiger partial charge in [-0.15, -0.1) is 0 Å². The number of carbonyl (C=O) groups excluding carboxylic acids is 1. The zero-order chi connectivity index (χ0) is 23.4. The number of ether oxygens (including phenoxy) is 2. The second kappa shape index (κ2) is 9.53. The van der Waals surface area contributed by atoms with Crippen LogP contribution in [0.15, 0.2) is 35.0 Å². The van der Waals surface area contributed by atoms with Gasteiger partial charge >= 0.3 is 6.09 Å². The molecule has 0 spiro atoms. The van der Waals surface area contributed by atoms with Crippen LogP contribution in [0.25, 0.3) is 11.0 Å².